The van der Waals surface area contributed by atoms with Gasteiger partial charge in [0.15, 0.2) is 0 Å². The van der Waals surface area contributed by atoms with Crippen LogP contribution >= 0.6 is 0 Å². The average molecular weight is 290 g/mol. The first kappa shape index (κ1) is 15.5. The minimum absolute atomic E-state index is 0.202. The molecule has 0 aromatic heterocycles. The third-order valence-electron chi connectivity index (χ3n) is 3.85. The van der Waals surface area contributed by atoms with E-state index in [1.807, 2.05) is 30.3 Å². The zero-order valence-electron chi connectivity index (χ0n) is 12.0. The van der Waals surface area contributed by atoms with Gasteiger partial charge in [-0.1, -0.05) is 30.3 Å². The van der Waals surface area contributed by atoms with E-state index in [0.717, 1.165) is 19.3 Å². The number of hydrogen-bond acceptors (Lipinski definition) is 3. The Bertz CT molecular complexity index is 476. The molecule has 5 heteroatoms. The van der Waals surface area contributed by atoms with Gasteiger partial charge in [0.25, 0.3) is 0 Å². The number of hydrazine groups is 1. The molecule has 1 aromatic carbocycles. The third-order valence-corrected chi connectivity index (χ3v) is 3.85. The number of benzene rings is 1. The zero-order chi connectivity index (χ0) is 15.1. The summed E-state index contributed by atoms with van der Waals surface area (Å²) in [6, 6.07) is 9.97. The lowest BCUT2D eigenvalue weighted by molar-refractivity contribution is -0.133. The smallest absolute Gasteiger partial charge is 0.244 e. The maximum absolute atomic E-state index is 11.8. The van der Waals surface area contributed by atoms with E-state index in [1.165, 1.54) is 5.56 Å². The molecule has 1 fully saturated rings. The van der Waals surface area contributed by atoms with Gasteiger partial charge in [-0.25, -0.2) is 0 Å². The molecular formula is C16H22N2O3. The van der Waals surface area contributed by atoms with Gasteiger partial charge in [0.05, 0.1) is 12.0 Å². The van der Waals surface area contributed by atoms with Crippen molar-refractivity contribution < 1.29 is 14.7 Å². The highest BCUT2D eigenvalue weighted by Crippen LogP contribution is 2.25. The molecule has 0 bridgehead atoms. The van der Waals surface area contributed by atoms with Gasteiger partial charge in [0.2, 0.25) is 11.8 Å². The van der Waals surface area contributed by atoms with Gasteiger partial charge in [0.1, 0.15) is 0 Å². The van der Waals surface area contributed by atoms with Crippen molar-refractivity contribution in [2.45, 2.75) is 44.6 Å². The van der Waals surface area contributed by atoms with Crippen molar-refractivity contribution >= 4 is 11.8 Å². The summed E-state index contributed by atoms with van der Waals surface area (Å²) in [6.45, 7) is 0. The van der Waals surface area contributed by atoms with Crippen molar-refractivity contribution in [1.29, 1.82) is 0 Å². The molecule has 2 rings (SSSR count). The number of amides is 2. The Morgan fingerprint density at radius 3 is 2.57 bits per heavy atom. The topological polar surface area (TPSA) is 78.4 Å². The highest BCUT2D eigenvalue weighted by Gasteiger charge is 2.31. The van der Waals surface area contributed by atoms with Crippen molar-refractivity contribution in [3.05, 3.63) is 35.9 Å². The third kappa shape index (κ3) is 4.86. The van der Waals surface area contributed by atoms with Crippen LogP contribution < -0.4 is 10.9 Å². The van der Waals surface area contributed by atoms with Crippen LogP contribution in [0.4, 0.5) is 0 Å². The molecule has 1 aliphatic rings. The lowest BCUT2D eigenvalue weighted by Crippen LogP contribution is -2.46. The summed E-state index contributed by atoms with van der Waals surface area (Å²) in [5, 5.41) is 9.62. The molecule has 1 aliphatic carbocycles. The Balaban J connectivity index is 1.62. The first-order valence-electron chi connectivity index (χ1n) is 7.47. The van der Waals surface area contributed by atoms with Gasteiger partial charge in [-0.2, -0.15) is 0 Å². The van der Waals surface area contributed by atoms with Crippen molar-refractivity contribution in [3.8, 4) is 0 Å². The molecule has 1 saturated carbocycles. The van der Waals surface area contributed by atoms with E-state index in [4.69, 9.17) is 0 Å². The Morgan fingerprint density at radius 2 is 1.90 bits per heavy atom. The summed E-state index contributed by atoms with van der Waals surface area (Å²) in [6.07, 6.45) is 3.54. The van der Waals surface area contributed by atoms with E-state index in [0.29, 0.717) is 19.3 Å². The molecule has 0 heterocycles. The summed E-state index contributed by atoms with van der Waals surface area (Å²) < 4.78 is 0. The molecular weight excluding hydrogens is 268 g/mol. The zero-order valence-corrected chi connectivity index (χ0v) is 12.0. The van der Waals surface area contributed by atoms with E-state index in [2.05, 4.69) is 10.9 Å². The van der Waals surface area contributed by atoms with Crippen LogP contribution in [0.5, 0.6) is 0 Å². The predicted octanol–water partition coefficient (Wildman–Crippen LogP) is 1.32. The minimum atomic E-state index is -0.583. The maximum Gasteiger partial charge on any atom is 0.244 e. The molecule has 5 nitrogen and oxygen atoms in total. The lowest BCUT2D eigenvalue weighted by Gasteiger charge is -2.14. The van der Waals surface area contributed by atoms with E-state index in [9.17, 15) is 14.7 Å². The largest absolute Gasteiger partial charge is 0.392 e. The van der Waals surface area contributed by atoms with Gasteiger partial charge in [-0.3, -0.25) is 20.4 Å². The van der Waals surface area contributed by atoms with Gasteiger partial charge < -0.3 is 5.11 Å². The second-order valence-electron chi connectivity index (χ2n) is 5.48. The normalized spacial score (nSPS) is 21.0. The highest BCUT2D eigenvalue weighted by atomic mass is 16.3. The van der Waals surface area contributed by atoms with Crippen LogP contribution in [0.1, 0.15) is 37.7 Å². The standard InChI is InChI=1S/C16H22N2O3/c19-14-10-5-9-13(14)16(21)18-17-15(20)11-4-8-12-6-2-1-3-7-12/h1-3,6-7,13-14,19H,4-5,8-11H2,(H,17,20)(H,18,21). The highest BCUT2D eigenvalue weighted by molar-refractivity contribution is 5.83. The number of rotatable bonds is 5. The number of aliphatic hydroxyl groups is 1. The predicted molar refractivity (Wildman–Crippen MR) is 79.0 cm³/mol. The SMILES string of the molecule is O=C(CCCc1ccccc1)NNC(=O)C1CCCC1O. The summed E-state index contributed by atoms with van der Waals surface area (Å²) >= 11 is 0. The van der Waals surface area contributed by atoms with Gasteiger partial charge in [0, 0.05) is 6.42 Å². The fraction of sp³-hybridized carbons (Fsp3) is 0.500. The molecule has 0 saturated heterocycles. The summed E-state index contributed by atoms with van der Waals surface area (Å²) in [5.41, 5.74) is 6.02. The van der Waals surface area contributed by atoms with Crippen LogP contribution in [-0.2, 0) is 16.0 Å². The van der Waals surface area contributed by atoms with Crippen LogP contribution in [0.15, 0.2) is 30.3 Å². The Morgan fingerprint density at radius 1 is 1.14 bits per heavy atom. The summed E-state index contributed by atoms with van der Waals surface area (Å²) in [4.78, 5) is 23.4. The van der Waals surface area contributed by atoms with Crippen LogP contribution in [0, 0.1) is 5.92 Å². The molecule has 21 heavy (non-hydrogen) atoms. The Kier molecular flexibility index (Phi) is 5.75. The second kappa shape index (κ2) is 7.78. The van der Waals surface area contributed by atoms with E-state index < -0.39 is 12.0 Å². The van der Waals surface area contributed by atoms with E-state index in [1.54, 1.807) is 0 Å². The molecule has 2 unspecified atom stereocenters. The van der Waals surface area contributed by atoms with Crippen molar-refractivity contribution in [2.24, 2.45) is 5.92 Å². The molecule has 1 aromatic rings. The Hall–Kier alpha value is -1.88. The van der Waals surface area contributed by atoms with Crippen LogP contribution in [-0.4, -0.2) is 23.0 Å². The molecule has 0 aliphatic heterocycles. The van der Waals surface area contributed by atoms with Crippen molar-refractivity contribution in [1.82, 2.24) is 10.9 Å². The quantitative estimate of drug-likeness (QED) is 0.716. The first-order chi connectivity index (χ1) is 10.2. The minimum Gasteiger partial charge on any atom is -0.392 e. The number of hydrogen-bond donors (Lipinski definition) is 3. The van der Waals surface area contributed by atoms with Crippen LogP contribution in [0.2, 0.25) is 0 Å². The fourth-order valence-electron chi connectivity index (χ4n) is 2.63. The molecule has 2 atom stereocenters. The van der Waals surface area contributed by atoms with Crippen molar-refractivity contribution in [2.75, 3.05) is 0 Å². The van der Waals surface area contributed by atoms with Crippen LogP contribution in [0.3, 0.4) is 0 Å². The van der Waals surface area contributed by atoms with E-state index >= 15 is 0 Å². The Labute approximate surface area is 124 Å². The monoisotopic (exact) mass is 290 g/mol. The first-order valence-corrected chi connectivity index (χ1v) is 7.47. The number of aryl methyl sites for hydroxylation is 1. The van der Waals surface area contributed by atoms with Gasteiger partial charge in [-0.15, -0.1) is 0 Å². The van der Waals surface area contributed by atoms with Crippen LogP contribution in [0.25, 0.3) is 0 Å². The maximum atomic E-state index is 11.8. The van der Waals surface area contributed by atoms with Gasteiger partial charge >= 0.3 is 0 Å². The number of nitrogens with one attached hydrogen (secondary N) is 2. The van der Waals surface area contributed by atoms with Gasteiger partial charge in [-0.05, 0) is 37.7 Å². The molecule has 2 amide bonds. The lowest BCUT2D eigenvalue weighted by atomic mass is 10.1. The molecule has 114 valence electrons. The summed E-state index contributed by atoms with van der Waals surface area (Å²) in [5.74, 6) is -0.891. The molecule has 0 radical (unpaired) electrons. The molecule has 3 N–H and O–H groups in total. The second-order valence-corrected chi connectivity index (χ2v) is 5.48. The van der Waals surface area contributed by atoms with E-state index in [-0.39, 0.29) is 11.8 Å². The average Bonchev–Trinajstić information content (AvgIpc) is 2.92. The summed E-state index contributed by atoms with van der Waals surface area (Å²) in [7, 11) is 0. The number of aliphatic hydroxyl groups excluding tert-OH is 1. The fourth-order valence-corrected chi connectivity index (χ4v) is 2.63. The number of carbonyl (C=O) groups excluding carboxylic acids is 2. The number of carbonyl (C=O) groups is 2. The molecule has 0 spiro atoms. The van der Waals surface area contributed by atoms with Crippen molar-refractivity contribution in [3.63, 3.8) is 0 Å².